The topological polar surface area (TPSA) is 35.0 Å². The van der Waals surface area contributed by atoms with Gasteiger partial charge in [-0.3, -0.25) is 0 Å². The lowest BCUT2D eigenvalue weighted by Gasteiger charge is -2.08. The van der Waals surface area contributed by atoms with Gasteiger partial charge in [0.25, 0.3) is 0 Å². The summed E-state index contributed by atoms with van der Waals surface area (Å²) in [6.07, 6.45) is 0. The maximum atomic E-state index is 5.10. The summed E-state index contributed by atoms with van der Waals surface area (Å²) in [7, 11) is 1.58. The molecule has 1 aromatic heterocycles. The fraction of sp³-hybridized carbons (Fsp3) is 0.286. The maximum absolute atomic E-state index is 5.10. The number of hydrogen-bond acceptors (Lipinski definition) is 3. The van der Waals surface area contributed by atoms with Crippen molar-refractivity contribution in [3.05, 3.63) is 41.1 Å². The van der Waals surface area contributed by atoms with Crippen LogP contribution in [0.2, 0.25) is 0 Å². The molecule has 0 aliphatic rings. The van der Waals surface area contributed by atoms with Crippen molar-refractivity contribution < 1.29 is 4.74 Å². The minimum atomic E-state index is 0.417. The van der Waals surface area contributed by atoms with Crippen molar-refractivity contribution in [2.75, 3.05) is 7.11 Å². The number of methoxy groups -OCH3 is 1. The molecule has 88 valence electrons. The molecule has 0 unspecified atom stereocenters. The first-order valence-electron chi connectivity index (χ1n) is 5.57. The first kappa shape index (κ1) is 11.6. The Morgan fingerprint density at radius 2 is 1.76 bits per heavy atom. The van der Waals surface area contributed by atoms with Gasteiger partial charge < -0.3 is 4.74 Å². The van der Waals surface area contributed by atoms with Crippen LogP contribution in [0, 0.1) is 20.8 Å². The van der Waals surface area contributed by atoms with E-state index in [0.29, 0.717) is 6.01 Å². The molecule has 1 aromatic carbocycles. The Balaban J connectivity index is 2.55. The lowest BCUT2D eigenvalue weighted by Crippen LogP contribution is -1.97. The van der Waals surface area contributed by atoms with Crippen LogP contribution >= 0.6 is 0 Å². The summed E-state index contributed by atoms with van der Waals surface area (Å²) < 4.78 is 5.10. The number of benzene rings is 1. The van der Waals surface area contributed by atoms with Gasteiger partial charge in [0.05, 0.1) is 12.8 Å². The third-order valence-electron chi connectivity index (χ3n) is 2.67. The Bertz CT molecular complexity index is 550. The van der Waals surface area contributed by atoms with Crippen molar-refractivity contribution in [2.24, 2.45) is 0 Å². The van der Waals surface area contributed by atoms with Crippen LogP contribution < -0.4 is 4.74 Å². The standard InChI is InChI=1S/C14H16N2O/c1-9-5-6-12(10(2)7-9)13-8-11(3)15-14(16-13)17-4/h5-8H,1-4H3. The molecule has 0 saturated heterocycles. The summed E-state index contributed by atoms with van der Waals surface area (Å²) in [6, 6.07) is 8.72. The third kappa shape index (κ3) is 2.44. The van der Waals surface area contributed by atoms with Crippen molar-refractivity contribution in [3.8, 4) is 17.3 Å². The quantitative estimate of drug-likeness (QED) is 0.792. The molecule has 0 spiro atoms. The van der Waals surface area contributed by atoms with Crippen molar-refractivity contribution in [1.82, 2.24) is 9.97 Å². The van der Waals surface area contributed by atoms with Crippen molar-refractivity contribution in [3.63, 3.8) is 0 Å². The molecule has 0 aliphatic heterocycles. The van der Waals surface area contributed by atoms with Crippen LogP contribution in [0.1, 0.15) is 16.8 Å². The number of nitrogens with zero attached hydrogens (tertiary/aromatic N) is 2. The molecule has 3 nitrogen and oxygen atoms in total. The van der Waals surface area contributed by atoms with Gasteiger partial charge in [-0.2, -0.15) is 4.98 Å². The van der Waals surface area contributed by atoms with Crippen LogP contribution in [-0.2, 0) is 0 Å². The van der Waals surface area contributed by atoms with E-state index >= 15 is 0 Å². The zero-order valence-electron chi connectivity index (χ0n) is 10.6. The van der Waals surface area contributed by atoms with Crippen molar-refractivity contribution in [2.45, 2.75) is 20.8 Å². The Labute approximate surface area is 102 Å². The third-order valence-corrected chi connectivity index (χ3v) is 2.67. The molecule has 3 heteroatoms. The average molecular weight is 228 g/mol. The van der Waals surface area contributed by atoms with Crippen LogP contribution in [0.15, 0.2) is 24.3 Å². The van der Waals surface area contributed by atoms with Crippen LogP contribution in [0.5, 0.6) is 6.01 Å². The predicted octanol–water partition coefficient (Wildman–Crippen LogP) is 3.08. The highest BCUT2D eigenvalue weighted by molar-refractivity contribution is 5.64. The summed E-state index contributed by atoms with van der Waals surface area (Å²) in [5.41, 5.74) is 5.41. The van der Waals surface area contributed by atoms with E-state index in [0.717, 1.165) is 17.0 Å². The molecule has 2 aromatic rings. The molecule has 0 atom stereocenters. The lowest BCUT2D eigenvalue weighted by atomic mass is 10.0. The van der Waals surface area contributed by atoms with Crippen molar-refractivity contribution >= 4 is 0 Å². The van der Waals surface area contributed by atoms with E-state index in [4.69, 9.17) is 4.74 Å². The number of rotatable bonds is 2. The molecule has 0 radical (unpaired) electrons. The van der Waals surface area contributed by atoms with Gasteiger partial charge in [0, 0.05) is 11.3 Å². The van der Waals surface area contributed by atoms with E-state index in [9.17, 15) is 0 Å². The van der Waals surface area contributed by atoms with E-state index < -0.39 is 0 Å². The van der Waals surface area contributed by atoms with Crippen LogP contribution in [0.25, 0.3) is 11.3 Å². The minimum Gasteiger partial charge on any atom is -0.467 e. The molecule has 0 bridgehead atoms. The zero-order valence-corrected chi connectivity index (χ0v) is 10.6. The maximum Gasteiger partial charge on any atom is 0.316 e. The number of ether oxygens (including phenoxy) is 1. The van der Waals surface area contributed by atoms with Gasteiger partial charge in [0.1, 0.15) is 0 Å². The van der Waals surface area contributed by atoms with E-state index in [2.05, 4.69) is 42.0 Å². The molecule has 2 rings (SSSR count). The summed E-state index contributed by atoms with van der Waals surface area (Å²) in [6.45, 7) is 6.12. The smallest absolute Gasteiger partial charge is 0.316 e. The Hall–Kier alpha value is -1.90. The highest BCUT2D eigenvalue weighted by Gasteiger charge is 2.07. The summed E-state index contributed by atoms with van der Waals surface area (Å²) in [4.78, 5) is 8.57. The van der Waals surface area contributed by atoms with Gasteiger partial charge in [-0.25, -0.2) is 4.98 Å². The van der Waals surface area contributed by atoms with Gasteiger partial charge >= 0.3 is 6.01 Å². The van der Waals surface area contributed by atoms with Gasteiger partial charge in [-0.1, -0.05) is 23.8 Å². The van der Waals surface area contributed by atoms with Gasteiger partial charge in [0.15, 0.2) is 0 Å². The van der Waals surface area contributed by atoms with Gasteiger partial charge in [0.2, 0.25) is 0 Å². The number of aromatic nitrogens is 2. The van der Waals surface area contributed by atoms with Crippen LogP contribution in [0.3, 0.4) is 0 Å². The Kier molecular flexibility index (Phi) is 3.09. The highest BCUT2D eigenvalue weighted by atomic mass is 16.5. The Morgan fingerprint density at radius 1 is 1.00 bits per heavy atom. The second-order valence-corrected chi connectivity index (χ2v) is 4.20. The van der Waals surface area contributed by atoms with Crippen molar-refractivity contribution in [1.29, 1.82) is 0 Å². The van der Waals surface area contributed by atoms with E-state index in [-0.39, 0.29) is 0 Å². The molecule has 0 fully saturated rings. The highest BCUT2D eigenvalue weighted by Crippen LogP contribution is 2.24. The number of hydrogen-bond donors (Lipinski definition) is 0. The SMILES string of the molecule is COc1nc(C)cc(-c2ccc(C)cc2C)n1. The zero-order chi connectivity index (χ0) is 12.4. The van der Waals surface area contributed by atoms with E-state index in [1.54, 1.807) is 7.11 Å². The summed E-state index contributed by atoms with van der Waals surface area (Å²) in [5, 5.41) is 0. The fourth-order valence-corrected chi connectivity index (χ4v) is 1.87. The molecule has 0 amide bonds. The molecule has 0 saturated carbocycles. The molecular weight excluding hydrogens is 212 g/mol. The molecule has 1 heterocycles. The second kappa shape index (κ2) is 4.53. The normalized spacial score (nSPS) is 10.4. The first-order chi connectivity index (χ1) is 8.10. The van der Waals surface area contributed by atoms with Gasteiger partial charge in [-0.05, 0) is 32.4 Å². The largest absolute Gasteiger partial charge is 0.467 e. The molecule has 0 aliphatic carbocycles. The Morgan fingerprint density at radius 3 is 2.41 bits per heavy atom. The summed E-state index contributed by atoms with van der Waals surface area (Å²) >= 11 is 0. The lowest BCUT2D eigenvalue weighted by molar-refractivity contribution is 0.379. The van der Waals surface area contributed by atoms with Crippen LogP contribution in [-0.4, -0.2) is 17.1 Å². The first-order valence-corrected chi connectivity index (χ1v) is 5.57. The van der Waals surface area contributed by atoms with Gasteiger partial charge in [-0.15, -0.1) is 0 Å². The van der Waals surface area contributed by atoms with E-state index in [1.165, 1.54) is 11.1 Å². The molecule has 17 heavy (non-hydrogen) atoms. The fourth-order valence-electron chi connectivity index (χ4n) is 1.87. The molecule has 0 N–H and O–H groups in total. The molecular formula is C14H16N2O. The number of aryl methyl sites for hydroxylation is 3. The predicted molar refractivity (Wildman–Crippen MR) is 68.2 cm³/mol. The summed E-state index contributed by atoms with van der Waals surface area (Å²) in [5.74, 6) is 0. The monoisotopic (exact) mass is 228 g/mol. The average Bonchev–Trinajstić information content (AvgIpc) is 2.28. The van der Waals surface area contributed by atoms with E-state index in [1.807, 2.05) is 13.0 Å². The second-order valence-electron chi connectivity index (χ2n) is 4.20. The van der Waals surface area contributed by atoms with Crippen LogP contribution in [0.4, 0.5) is 0 Å². The minimum absolute atomic E-state index is 0.417.